The number of carboxylic acid groups (broad SMARTS) is 1. The number of aromatic hydroxyl groups is 1. The third kappa shape index (κ3) is 4.74. The predicted octanol–water partition coefficient (Wildman–Crippen LogP) is 3.91. The van der Waals surface area contributed by atoms with Crippen LogP contribution in [0.25, 0.3) is 17.5 Å². The summed E-state index contributed by atoms with van der Waals surface area (Å²) >= 11 is 1.01. The number of nitrogens with zero attached hydrogens (tertiary/aromatic N) is 3. The molecule has 0 aliphatic carbocycles. The van der Waals surface area contributed by atoms with Gasteiger partial charge in [0, 0.05) is 18.2 Å². The Morgan fingerprint density at radius 2 is 1.73 bits per heavy atom. The average molecular weight is 427 g/mol. The standard InChI is InChI=1S/C21H21N3O5S/c1-4-24-19(14-10-16(28-2)12-17(11-14)29-3)22-23-21(24)30-18(20(26)27)9-13-5-7-15(25)8-6-13/h5-12,25H,4H2,1-3H3,(H,26,27)/b18-9-. The van der Waals surface area contributed by atoms with E-state index in [1.807, 2.05) is 23.6 Å². The number of hydrogen-bond acceptors (Lipinski definition) is 7. The van der Waals surface area contributed by atoms with Gasteiger partial charge in [-0.05, 0) is 54.6 Å². The molecule has 30 heavy (non-hydrogen) atoms. The smallest absolute Gasteiger partial charge is 0.342 e. The number of aliphatic carboxylic acids is 1. The lowest BCUT2D eigenvalue weighted by atomic mass is 10.2. The summed E-state index contributed by atoms with van der Waals surface area (Å²) < 4.78 is 12.5. The average Bonchev–Trinajstić information content (AvgIpc) is 3.16. The Bertz CT molecular complexity index is 1050. The lowest BCUT2D eigenvalue weighted by molar-refractivity contribution is -0.131. The quantitative estimate of drug-likeness (QED) is 0.412. The van der Waals surface area contributed by atoms with Crippen molar-refractivity contribution in [3.05, 3.63) is 52.9 Å². The molecular formula is C21H21N3O5S. The van der Waals surface area contributed by atoms with Crippen molar-refractivity contribution in [3.8, 4) is 28.6 Å². The van der Waals surface area contributed by atoms with Crippen LogP contribution in [0.3, 0.4) is 0 Å². The number of carbonyl (C=O) groups is 1. The van der Waals surface area contributed by atoms with E-state index in [4.69, 9.17) is 9.47 Å². The van der Waals surface area contributed by atoms with Crippen molar-refractivity contribution < 1.29 is 24.5 Å². The van der Waals surface area contributed by atoms with E-state index in [1.165, 1.54) is 18.2 Å². The van der Waals surface area contributed by atoms with Crippen molar-refractivity contribution in [1.82, 2.24) is 14.8 Å². The monoisotopic (exact) mass is 427 g/mol. The fourth-order valence-corrected chi connectivity index (χ4v) is 3.64. The van der Waals surface area contributed by atoms with Crippen molar-refractivity contribution >= 4 is 23.8 Å². The van der Waals surface area contributed by atoms with Crippen LogP contribution in [0.15, 0.2) is 52.5 Å². The number of methoxy groups -OCH3 is 2. The van der Waals surface area contributed by atoms with Crippen molar-refractivity contribution in [1.29, 1.82) is 0 Å². The molecule has 0 saturated heterocycles. The van der Waals surface area contributed by atoms with Crippen LogP contribution in [0, 0.1) is 0 Å². The number of hydrogen-bond donors (Lipinski definition) is 2. The highest BCUT2D eigenvalue weighted by molar-refractivity contribution is 8.04. The molecule has 0 spiro atoms. The summed E-state index contributed by atoms with van der Waals surface area (Å²) in [6.07, 6.45) is 1.52. The first-order chi connectivity index (χ1) is 14.4. The van der Waals surface area contributed by atoms with E-state index in [2.05, 4.69) is 10.2 Å². The van der Waals surface area contributed by atoms with Gasteiger partial charge in [0.1, 0.15) is 22.2 Å². The highest BCUT2D eigenvalue weighted by Crippen LogP contribution is 2.33. The third-order valence-corrected chi connectivity index (χ3v) is 5.24. The van der Waals surface area contributed by atoms with E-state index in [0.29, 0.717) is 34.6 Å². The number of benzene rings is 2. The zero-order valence-corrected chi connectivity index (χ0v) is 17.5. The number of phenols is 1. The number of carboxylic acids is 1. The number of rotatable bonds is 8. The molecule has 0 bridgehead atoms. The first-order valence-corrected chi connectivity index (χ1v) is 9.85. The van der Waals surface area contributed by atoms with Crippen LogP contribution >= 0.6 is 11.8 Å². The Hall–Kier alpha value is -3.46. The lowest BCUT2D eigenvalue weighted by Crippen LogP contribution is -2.03. The Labute approximate surface area is 177 Å². The molecule has 0 amide bonds. The van der Waals surface area contributed by atoms with Gasteiger partial charge in [0.05, 0.1) is 14.2 Å². The van der Waals surface area contributed by atoms with Gasteiger partial charge in [-0.1, -0.05) is 12.1 Å². The maximum absolute atomic E-state index is 11.8. The molecule has 0 saturated carbocycles. The van der Waals surface area contributed by atoms with Gasteiger partial charge in [-0.3, -0.25) is 0 Å². The van der Waals surface area contributed by atoms with E-state index < -0.39 is 5.97 Å². The summed E-state index contributed by atoms with van der Waals surface area (Å²) in [7, 11) is 3.13. The summed E-state index contributed by atoms with van der Waals surface area (Å²) in [5.74, 6) is 0.834. The van der Waals surface area contributed by atoms with E-state index in [-0.39, 0.29) is 10.7 Å². The van der Waals surface area contributed by atoms with Crippen molar-refractivity contribution in [2.45, 2.75) is 18.6 Å². The largest absolute Gasteiger partial charge is 0.508 e. The van der Waals surface area contributed by atoms with Crippen LogP contribution in [0.4, 0.5) is 0 Å². The van der Waals surface area contributed by atoms with Crippen LogP contribution in [0.1, 0.15) is 12.5 Å². The summed E-state index contributed by atoms with van der Waals surface area (Å²) in [6, 6.07) is 11.7. The summed E-state index contributed by atoms with van der Waals surface area (Å²) in [6.45, 7) is 2.47. The highest BCUT2D eigenvalue weighted by atomic mass is 32.2. The topological polar surface area (TPSA) is 107 Å². The molecule has 2 aromatic carbocycles. The lowest BCUT2D eigenvalue weighted by Gasteiger charge is -2.10. The van der Waals surface area contributed by atoms with Crippen LogP contribution in [-0.4, -0.2) is 45.2 Å². The molecule has 0 atom stereocenters. The van der Waals surface area contributed by atoms with E-state index >= 15 is 0 Å². The minimum atomic E-state index is -1.08. The highest BCUT2D eigenvalue weighted by Gasteiger charge is 2.19. The maximum Gasteiger partial charge on any atom is 0.342 e. The SMILES string of the molecule is CCn1c(S/C(=C\c2ccc(O)cc2)C(=O)O)nnc1-c1cc(OC)cc(OC)c1. The molecule has 0 fully saturated rings. The van der Waals surface area contributed by atoms with E-state index in [1.54, 1.807) is 32.4 Å². The third-order valence-electron chi connectivity index (χ3n) is 4.25. The molecule has 0 aliphatic rings. The molecule has 0 unspecified atom stereocenters. The number of phenolic OH excluding ortho intramolecular Hbond substituents is 1. The first kappa shape index (κ1) is 21.3. The summed E-state index contributed by atoms with van der Waals surface area (Å²) in [4.78, 5) is 11.9. The molecule has 0 radical (unpaired) electrons. The van der Waals surface area contributed by atoms with Gasteiger partial charge in [0.15, 0.2) is 11.0 Å². The molecule has 1 aromatic heterocycles. The minimum absolute atomic E-state index is 0.0811. The molecule has 2 N–H and O–H groups in total. The van der Waals surface area contributed by atoms with Crippen molar-refractivity contribution in [2.75, 3.05) is 14.2 Å². The van der Waals surface area contributed by atoms with Crippen LogP contribution < -0.4 is 9.47 Å². The summed E-state index contributed by atoms with van der Waals surface area (Å²) in [5, 5.41) is 28.0. The number of aromatic nitrogens is 3. The number of ether oxygens (including phenoxy) is 2. The van der Waals surface area contributed by atoms with Crippen LogP contribution in [-0.2, 0) is 11.3 Å². The fraction of sp³-hybridized carbons (Fsp3) is 0.190. The first-order valence-electron chi connectivity index (χ1n) is 9.03. The molecule has 156 valence electrons. The van der Waals surface area contributed by atoms with Crippen molar-refractivity contribution in [3.63, 3.8) is 0 Å². The zero-order valence-electron chi connectivity index (χ0n) is 16.7. The Kier molecular flexibility index (Phi) is 6.63. The Morgan fingerprint density at radius 1 is 1.10 bits per heavy atom. The molecule has 0 aliphatic heterocycles. The van der Waals surface area contributed by atoms with Gasteiger partial charge in [-0.25, -0.2) is 4.79 Å². The van der Waals surface area contributed by atoms with E-state index in [9.17, 15) is 15.0 Å². The van der Waals surface area contributed by atoms with Gasteiger partial charge in [0.25, 0.3) is 0 Å². The van der Waals surface area contributed by atoms with Gasteiger partial charge in [-0.15, -0.1) is 10.2 Å². The zero-order chi connectivity index (χ0) is 21.7. The minimum Gasteiger partial charge on any atom is -0.508 e. The molecule has 9 heteroatoms. The molecule has 3 aromatic rings. The van der Waals surface area contributed by atoms with Crippen molar-refractivity contribution in [2.24, 2.45) is 0 Å². The Balaban J connectivity index is 1.98. The molecular weight excluding hydrogens is 406 g/mol. The van der Waals surface area contributed by atoms with Gasteiger partial charge >= 0.3 is 5.97 Å². The van der Waals surface area contributed by atoms with Gasteiger partial charge in [0.2, 0.25) is 0 Å². The van der Waals surface area contributed by atoms with E-state index in [0.717, 1.165) is 17.3 Å². The van der Waals surface area contributed by atoms with Crippen LogP contribution in [0.2, 0.25) is 0 Å². The molecule has 3 rings (SSSR count). The number of thioether (sulfide) groups is 1. The Morgan fingerprint density at radius 3 is 2.27 bits per heavy atom. The summed E-state index contributed by atoms with van der Waals surface area (Å²) in [5.41, 5.74) is 1.39. The second-order valence-corrected chi connectivity index (χ2v) is 7.17. The second-order valence-electron chi connectivity index (χ2n) is 6.16. The van der Waals surface area contributed by atoms with Crippen LogP contribution in [0.5, 0.6) is 17.2 Å². The van der Waals surface area contributed by atoms with Gasteiger partial charge < -0.3 is 24.3 Å². The molecule has 1 heterocycles. The van der Waals surface area contributed by atoms with Gasteiger partial charge in [-0.2, -0.15) is 0 Å². The predicted molar refractivity (Wildman–Crippen MR) is 114 cm³/mol. The maximum atomic E-state index is 11.8. The normalized spacial score (nSPS) is 11.4. The molecule has 8 nitrogen and oxygen atoms in total. The second kappa shape index (κ2) is 9.36. The fourth-order valence-electron chi connectivity index (χ4n) is 2.75.